The Morgan fingerprint density at radius 3 is 2.84 bits per heavy atom. The Labute approximate surface area is 120 Å². The van der Waals surface area contributed by atoms with Gasteiger partial charge in [0.15, 0.2) is 5.37 Å². The molecule has 0 radical (unpaired) electrons. The van der Waals surface area contributed by atoms with Crippen LogP contribution in [-0.4, -0.2) is 41.0 Å². The van der Waals surface area contributed by atoms with Gasteiger partial charge in [-0.1, -0.05) is 12.1 Å². The van der Waals surface area contributed by atoms with Crippen molar-refractivity contribution in [1.29, 1.82) is 0 Å². The third-order valence-electron chi connectivity index (χ3n) is 2.63. The number of alkyl halides is 1. The summed E-state index contributed by atoms with van der Waals surface area (Å²) in [6.45, 7) is 0.232. The van der Waals surface area contributed by atoms with E-state index in [1.165, 1.54) is 0 Å². The molecule has 2 amide bonds. The Hall–Kier alpha value is -1.40. The van der Waals surface area contributed by atoms with E-state index in [4.69, 9.17) is 16.3 Å². The predicted molar refractivity (Wildman–Crippen MR) is 75.8 cm³/mol. The summed E-state index contributed by atoms with van der Waals surface area (Å²) in [5, 5.41) is 2.10. The second kappa shape index (κ2) is 6.16. The minimum Gasteiger partial charge on any atom is -0.495 e. The third kappa shape index (κ3) is 2.96. The molecular weight excluding hydrogens is 288 g/mol. The van der Waals surface area contributed by atoms with Gasteiger partial charge in [0.1, 0.15) is 5.75 Å². The number of anilines is 1. The molecule has 1 aromatic carbocycles. The summed E-state index contributed by atoms with van der Waals surface area (Å²) in [5.74, 6) is 0.583. The van der Waals surface area contributed by atoms with Crippen LogP contribution < -0.4 is 10.1 Å². The molecule has 0 bridgehead atoms. The Balaban J connectivity index is 2.12. The standard InChI is InChI=1S/C12H13ClN2O3S/c1-18-9-5-3-2-4-8(9)14-10-11(16)15(7-6-13)12(17)19-10/h2-5,10,14H,6-7H2,1H3/t10-/m0/s1. The number of ether oxygens (including phenoxy) is 1. The lowest BCUT2D eigenvalue weighted by Crippen LogP contribution is -2.35. The predicted octanol–water partition coefficient (Wildman–Crippen LogP) is 2.37. The molecule has 0 aliphatic carbocycles. The first-order valence-corrected chi connectivity index (χ1v) is 7.06. The van der Waals surface area contributed by atoms with Crippen LogP contribution in [0.5, 0.6) is 5.75 Å². The molecule has 2 rings (SSSR count). The lowest BCUT2D eigenvalue weighted by atomic mass is 10.3. The van der Waals surface area contributed by atoms with E-state index in [2.05, 4.69) is 5.32 Å². The first kappa shape index (κ1) is 14.0. The highest BCUT2D eigenvalue weighted by Gasteiger charge is 2.39. The van der Waals surface area contributed by atoms with Gasteiger partial charge >= 0.3 is 0 Å². The van der Waals surface area contributed by atoms with E-state index >= 15 is 0 Å². The summed E-state index contributed by atoms with van der Waals surface area (Å²) in [5.41, 5.74) is 0.677. The molecule has 1 atom stereocenters. The SMILES string of the molecule is COc1ccccc1N[C@H]1SC(=O)N(CCCl)C1=O. The average molecular weight is 301 g/mol. The maximum atomic E-state index is 12.0. The van der Waals surface area contributed by atoms with Crippen LogP contribution in [0.15, 0.2) is 24.3 Å². The van der Waals surface area contributed by atoms with E-state index in [1.807, 2.05) is 12.1 Å². The monoisotopic (exact) mass is 300 g/mol. The number of amides is 2. The number of imide groups is 1. The van der Waals surface area contributed by atoms with Crippen molar-refractivity contribution in [2.45, 2.75) is 5.37 Å². The molecule has 0 spiro atoms. The molecule has 1 heterocycles. The van der Waals surface area contributed by atoms with Gasteiger partial charge in [0.2, 0.25) is 0 Å². The van der Waals surface area contributed by atoms with Crippen LogP contribution >= 0.6 is 23.4 Å². The van der Waals surface area contributed by atoms with Crippen molar-refractivity contribution in [3.8, 4) is 5.75 Å². The lowest BCUT2D eigenvalue weighted by molar-refractivity contribution is -0.126. The van der Waals surface area contributed by atoms with Gasteiger partial charge in [0, 0.05) is 12.4 Å². The quantitative estimate of drug-likeness (QED) is 0.846. The molecule has 0 unspecified atom stereocenters. The van der Waals surface area contributed by atoms with Crippen molar-refractivity contribution in [2.24, 2.45) is 0 Å². The minimum absolute atomic E-state index is 0.232. The number of rotatable bonds is 5. The summed E-state index contributed by atoms with van der Waals surface area (Å²) >= 11 is 6.52. The lowest BCUT2D eigenvalue weighted by Gasteiger charge is -2.15. The molecule has 102 valence electrons. The smallest absolute Gasteiger partial charge is 0.290 e. The number of methoxy groups -OCH3 is 1. The number of carbonyl (C=O) groups excluding carboxylic acids is 2. The van der Waals surface area contributed by atoms with Crippen molar-refractivity contribution in [2.75, 3.05) is 24.9 Å². The zero-order chi connectivity index (χ0) is 13.8. The maximum Gasteiger partial charge on any atom is 0.290 e. The van der Waals surface area contributed by atoms with Gasteiger partial charge in [-0.25, -0.2) is 0 Å². The number of para-hydroxylation sites is 2. The zero-order valence-electron chi connectivity index (χ0n) is 10.3. The fourth-order valence-corrected chi connectivity index (χ4v) is 2.82. The number of hydrogen-bond donors (Lipinski definition) is 1. The topological polar surface area (TPSA) is 58.6 Å². The Kier molecular flexibility index (Phi) is 4.55. The fraction of sp³-hybridized carbons (Fsp3) is 0.333. The van der Waals surface area contributed by atoms with Crippen LogP contribution in [0, 0.1) is 0 Å². The molecule has 1 aliphatic rings. The summed E-state index contributed by atoms with van der Waals surface area (Å²) < 4.78 is 5.19. The Morgan fingerprint density at radius 1 is 1.42 bits per heavy atom. The van der Waals surface area contributed by atoms with E-state index < -0.39 is 5.37 Å². The number of hydrogen-bond acceptors (Lipinski definition) is 5. The molecule has 0 saturated carbocycles. The van der Waals surface area contributed by atoms with Crippen LogP contribution in [0.25, 0.3) is 0 Å². The van der Waals surface area contributed by atoms with Crippen LogP contribution in [0.4, 0.5) is 10.5 Å². The highest BCUT2D eigenvalue weighted by atomic mass is 35.5. The minimum atomic E-state index is -0.632. The third-order valence-corrected chi connectivity index (χ3v) is 3.78. The zero-order valence-corrected chi connectivity index (χ0v) is 11.8. The van der Waals surface area contributed by atoms with E-state index in [0.717, 1.165) is 16.7 Å². The van der Waals surface area contributed by atoms with Crippen molar-refractivity contribution >= 4 is 40.2 Å². The van der Waals surface area contributed by atoms with Gasteiger partial charge in [-0.15, -0.1) is 11.6 Å². The first-order valence-electron chi connectivity index (χ1n) is 5.65. The molecule has 1 fully saturated rings. The number of nitrogens with zero attached hydrogens (tertiary/aromatic N) is 1. The van der Waals surface area contributed by atoms with Gasteiger partial charge in [-0.3, -0.25) is 14.5 Å². The molecule has 1 saturated heterocycles. The van der Waals surface area contributed by atoms with Crippen LogP contribution in [0.3, 0.4) is 0 Å². The van der Waals surface area contributed by atoms with Crippen molar-refractivity contribution < 1.29 is 14.3 Å². The van der Waals surface area contributed by atoms with Gasteiger partial charge < -0.3 is 10.1 Å². The van der Waals surface area contributed by atoms with E-state index in [-0.39, 0.29) is 23.6 Å². The molecule has 0 aromatic heterocycles. The number of benzene rings is 1. The van der Waals surface area contributed by atoms with Crippen molar-refractivity contribution in [3.05, 3.63) is 24.3 Å². The first-order chi connectivity index (χ1) is 9.17. The molecule has 1 aromatic rings. The molecule has 19 heavy (non-hydrogen) atoms. The summed E-state index contributed by atoms with van der Waals surface area (Å²) in [7, 11) is 1.55. The maximum absolute atomic E-state index is 12.0. The number of halogens is 1. The number of thioether (sulfide) groups is 1. The summed E-state index contributed by atoms with van der Waals surface area (Å²) in [6.07, 6.45) is 0. The van der Waals surface area contributed by atoms with Crippen LogP contribution in [0.2, 0.25) is 0 Å². The second-order valence-electron chi connectivity index (χ2n) is 3.79. The van der Waals surface area contributed by atoms with Crippen molar-refractivity contribution in [3.63, 3.8) is 0 Å². The normalized spacial score (nSPS) is 18.8. The molecule has 1 aliphatic heterocycles. The largest absolute Gasteiger partial charge is 0.495 e. The van der Waals surface area contributed by atoms with E-state index in [1.54, 1.807) is 19.2 Å². The second-order valence-corrected chi connectivity index (χ2v) is 5.22. The van der Waals surface area contributed by atoms with Crippen molar-refractivity contribution in [1.82, 2.24) is 4.90 Å². The Morgan fingerprint density at radius 2 is 2.16 bits per heavy atom. The van der Waals surface area contributed by atoms with Gasteiger partial charge in [0.25, 0.3) is 11.1 Å². The Bertz CT molecular complexity index is 498. The molecule has 7 heteroatoms. The van der Waals surface area contributed by atoms with Gasteiger partial charge in [-0.2, -0.15) is 0 Å². The fourth-order valence-electron chi connectivity index (χ4n) is 1.73. The number of nitrogens with one attached hydrogen (secondary N) is 1. The molecule has 5 nitrogen and oxygen atoms in total. The average Bonchev–Trinajstić information content (AvgIpc) is 2.67. The summed E-state index contributed by atoms with van der Waals surface area (Å²) in [4.78, 5) is 24.9. The van der Waals surface area contributed by atoms with Gasteiger partial charge in [0.05, 0.1) is 12.8 Å². The van der Waals surface area contributed by atoms with Crippen LogP contribution in [0.1, 0.15) is 0 Å². The van der Waals surface area contributed by atoms with E-state index in [9.17, 15) is 9.59 Å². The molecular formula is C12H13ClN2O3S. The molecule has 1 N–H and O–H groups in total. The van der Waals surface area contributed by atoms with Crippen LogP contribution in [-0.2, 0) is 4.79 Å². The highest BCUT2D eigenvalue weighted by Crippen LogP contribution is 2.31. The van der Waals surface area contributed by atoms with E-state index in [0.29, 0.717) is 11.4 Å². The van der Waals surface area contributed by atoms with Gasteiger partial charge in [-0.05, 0) is 23.9 Å². The summed E-state index contributed by atoms with van der Waals surface area (Å²) in [6, 6.07) is 7.23. The highest BCUT2D eigenvalue weighted by molar-refractivity contribution is 8.15. The number of carbonyl (C=O) groups is 2.